The van der Waals surface area contributed by atoms with Crippen LogP contribution in [-0.4, -0.2) is 5.91 Å². The van der Waals surface area contributed by atoms with Gasteiger partial charge in [0.2, 0.25) is 11.7 Å². The average Bonchev–Trinajstić information content (AvgIpc) is 3.13. The van der Waals surface area contributed by atoms with E-state index in [1.54, 1.807) is 0 Å². The molecule has 0 spiro atoms. The molecule has 2 aliphatic carbocycles. The molecule has 1 aromatic rings. The molecule has 0 heterocycles. The van der Waals surface area contributed by atoms with Gasteiger partial charge in [0.15, 0.2) is 23.3 Å². The first-order valence-corrected chi connectivity index (χ1v) is 7.44. The van der Waals surface area contributed by atoms with Crippen molar-refractivity contribution in [3.8, 4) is 0 Å². The van der Waals surface area contributed by atoms with Gasteiger partial charge in [-0.05, 0) is 37.0 Å². The minimum absolute atomic E-state index is 0.170. The first kappa shape index (κ1) is 16.0. The summed E-state index contributed by atoms with van der Waals surface area (Å²) in [5.41, 5.74) is 2.57. The highest BCUT2D eigenvalue weighted by Crippen LogP contribution is 2.49. The first-order chi connectivity index (χ1) is 10.9. The minimum Gasteiger partial charge on any atom is -0.293 e. The largest absolute Gasteiger partial charge is 0.293 e. The Morgan fingerprint density at radius 3 is 2.04 bits per heavy atom. The Bertz CT molecular complexity index is 622. The Balaban J connectivity index is 1.63. The number of nitrogens with one attached hydrogen (secondary N) is 2. The summed E-state index contributed by atoms with van der Waals surface area (Å²) < 4.78 is 65.9. The molecule has 1 aromatic carbocycles. The molecule has 8 heteroatoms. The van der Waals surface area contributed by atoms with E-state index in [9.17, 15) is 26.7 Å². The Hall–Kier alpha value is -1.86. The zero-order valence-electron chi connectivity index (χ0n) is 12.1. The topological polar surface area (TPSA) is 41.1 Å². The van der Waals surface area contributed by atoms with Gasteiger partial charge >= 0.3 is 0 Å². The van der Waals surface area contributed by atoms with Gasteiger partial charge in [0, 0.05) is 6.42 Å². The fourth-order valence-electron chi connectivity index (χ4n) is 3.76. The summed E-state index contributed by atoms with van der Waals surface area (Å²) in [6.07, 6.45) is 4.46. The Labute approximate surface area is 129 Å². The van der Waals surface area contributed by atoms with Crippen LogP contribution in [0.3, 0.4) is 0 Å². The number of amides is 1. The molecule has 2 saturated carbocycles. The second-order valence-electron chi connectivity index (χ2n) is 6.26. The zero-order valence-corrected chi connectivity index (χ0v) is 12.1. The number of benzene rings is 1. The number of halogens is 5. The molecular formula is C15H15F5N2O. The van der Waals surface area contributed by atoms with Crippen LogP contribution in [0.15, 0.2) is 0 Å². The van der Waals surface area contributed by atoms with Crippen molar-refractivity contribution < 1.29 is 26.7 Å². The third-order valence-electron chi connectivity index (χ3n) is 4.87. The van der Waals surface area contributed by atoms with E-state index in [1.807, 2.05) is 10.9 Å². The number of rotatable bonds is 4. The maximum Gasteiger partial charge on any atom is 0.238 e. The van der Waals surface area contributed by atoms with Crippen LogP contribution < -0.4 is 10.9 Å². The molecule has 2 N–H and O–H groups in total. The normalized spacial score (nSPS) is 25.7. The van der Waals surface area contributed by atoms with Gasteiger partial charge in [0.05, 0.1) is 0 Å². The van der Waals surface area contributed by atoms with E-state index in [2.05, 4.69) is 0 Å². The van der Waals surface area contributed by atoms with Crippen LogP contribution in [0.25, 0.3) is 0 Å². The van der Waals surface area contributed by atoms with E-state index in [0.717, 1.165) is 19.3 Å². The first-order valence-electron chi connectivity index (χ1n) is 7.44. The molecule has 1 amide bonds. The monoisotopic (exact) mass is 334 g/mol. The van der Waals surface area contributed by atoms with E-state index in [-0.39, 0.29) is 12.3 Å². The van der Waals surface area contributed by atoms with Crippen molar-refractivity contribution in [3.63, 3.8) is 0 Å². The maximum atomic E-state index is 13.4. The lowest BCUT2D eigenvalue weighted by Gasteiger charge is -2.21. The van der Waals surface area contributed by atoms with E-state index >= 15 is 0 Å². The second kappa shape index (κ2) is 5.98. The Morgan fingerprint density at radius 2 is 1.52 bits per heavy atom. The van der Waals surface area contributed by atoms with Crippen LogP contribution in [-0.2, 0) is 4.79 Å². The smallest absolute Gasteiger partial charge is 0.238 e. The predicted molar refractivity (Wildman–Crippen MR) is 71.6 cm³/mol. The summed E-state index contributed by atoms with van der Waals surface area (Å²) in [5, 5.41) is 0. The fourth-order valence-corrected chi connectivity index (χ4v) is 3.76. The van der Waals surface area contributed by atoms with Gasteiger partial charge in [0.25, 0.3) is 0 Å². The summed E-state index contributed by atoms with van der Waals surface area (Å²) in [7, 11) is 0. The van der Waals surface area contributed by atoms with Gasteiger partial charge in [0.1, 0.15) is 5.69 Å². The molecule has 2 bridgehead atoms. The summed E-state index contributed by atoms with van der Waals surface area (Å²) in [6, 6.07) is 0. The van der Waals surface area contributed by atoms with Crippen molar-refractivity contribution in [1.29, 1.82) is 0 Å². The molecule has 2 aliphatic rings. The Morgan fingerprint density at radius 1 is 0.913 bits per heavy atom. The lowest BCUT2D eigenvalue weighted by atomic mass is 9.86. The van der Waals surface area contributed by atoms with Gasteiger partial charge < -0.3 is 0 Å². The van der Waals surface area contributed by atoms with E-state index in [0.29, 0.717) is 11.8 Å². The predicted octanol–water partition coefficient (Wildman–Crippen LogP) is 3.65. The van der Waals surface area contributed by atoms with E-state index in [4.69, 9.17) is 0 Å². The van der Waals surface area contributed by atoms with Crippen molar-refractivity contribution in [2.75, 3.05) is 5.43 Å². The highest BCUT2D eigenvalue weighted by Gasteiger charge is 2.40. The molecule has 3 rings (SSSR count). The van der Waals surface area contributed by atoms with E-state index < -0.39 is 40.7 Å². The molecule has 3 nitrogen and oxygen atoms in total. The van der Waals surface area contributed by atoms with Crippen molar-refractivity contribution in [1.82, 2.24) is 5.43 Å². The van der Waals surface area contributed by atoms with Crippen LogP contribution in [0.2, 0.25) is 0 Å². The standard InChI is InChI=1S/C15H15F5N2O/c16-10-11(17)13(19)15(14(20)12(10)18)22-21-9(23)5-8-4-6-1-2-7(8)3-6/h6-8,22H,1-5H2,(H,21,23)/t6-,7+,8+/m0/s1. The maximum absolute atomic E-state index is 13.4. The molecule has 0 radical (unpaired) electrons. The van der Waals surface area contributed by atoms with Crippen LogP contribution in [0, 0.1) is 46.8 Å². The second-order valence-corrected chi connectivity index (χ2v) is 6.26. The number of hydrogen-bond donors (Lipinski definition) is 2. The van der Waals surface area contributed by atoms with Crippen molar-refractivity contribution in [3.05, 3.63) is 29.1 Å². The van der Waals surface area contributed by atoms with Gasteiger partial charge in [-0.15, -0.1) is 0 Å². The number of carbonyl (C=O) groups excluding carboxylic acids is 1. The van der Waals surface area contributed by atoms with Gasteiger partial charge in [-0.2, -0.15) is 0 Å². The molecule has 0 aliphatic heterocycles. The molecule has 0 unspecified atom stereocenters. The van der Waals surface area contributed by atoms with Crippen LogP contribution in [0.1, 0.15) is 32.1 Å². The summed E-state index contributed by atoms with van der Waals surface area (Å²) >= 11 is 0. The fraction of sp³-hybridized carbons (Fsp3) is 0.533. The molecule has 0 saturated heterocycles. The SMILES string of the molecule is O=C(C[C@H]1C[C@H]2CC[C@@H]1C2)NNc1c(F)c(F)c(F)c(F)c1F. The Kier molecular flexibility index (Phi) is 4.16. The van der Waals surface area contributed by atoms with Gasteiger partial charge in [-0.25, -0.2) is 22.0 Å². The minimum atomic E-state index is -2.24. The van der Waals surface area contributed by atoms with Crippen molar-refractivity contribution >= 4 is 11.6 Å². The number of anilines is 1. The number of fused-ring (bicyclic) bond motifs is 2. The lowest BCUT2D eigenvalue weighted by Crippen LogP contribution is -2.33. The highest BCUT2D eigenvalue weighted by atomic mass is 19.2. The third-order valence-corrected chi connectivity index (χ3v) is 4.87. The number of hydrazine groups is 1. The molecule has 3 atom stereocenters. The van der Waals surface area contributed by atoms with E-state index in [1.165, 1.54) is 6.42 Å². The highest BCUT2D eigenvalue weighted by molar-refractivity contribution is 5.77. The molecule has 0 aromatic heterocycles. The van der Waals surface area contributed by atoms with Crippen LogP contribution >= 0.6 is 0 Å². The summed E-state index contributed by atoms with van der Waals surface area (Å²) in [6.45, 7) is 0. The van der Waals surface area contributed by atoms with Gasteiger partial charge in [-0.1, -0.05) is 6.42 Å². The lowest BCUT2D eigenvalue weighted by molar-refractivity contribution is -0.121. The summed E-state index contributed by atoms with van der Waals surface area (Å²) in [5.74, 6) is -9.58. The third kappa shape index (κ3) is 2.86. The molecule has 2 fully saturated rings. The van der Waals surface area contributed by atoms with Crippen molar-refractivity contribution in [2.24, 2.45) is 17.8 Å². The molecule has 126 valence electrons. The summed E-state index contributed by atoms with van der Waals surface area (Å²) in [4.78, 5) is 11.8. The molecular weight excluding hydrogens is 319 g/mol. The zero-order chi connectivity index (χ0) is 16.7. The average molecular weight is 334 g/mol. The number of carbonyl (C=O) groups is 1. The van der Waals surface area contributed by atoms with Crippen LogP contribution in [0.5, 0.6) is 0 Å². The van der Waals surface area contributed by atoms with Gasteiger partial charge in [-0.3, -0.25) is 15.6 Å². The van der Waals surface area contributed by atoms with Crippen LogP contribution in [0.4, 0.5) is 27.6 Å². The molecule has 23 heavy (non-hydrogen) atoms. The van der Waals surface area contributed by atoms with Crippen molar-refractivity contribution in [2.45, 2.75) is 32.1 Å². The quantitative estimate of drug-likeness (QED) is 0.382. The number of hydrogen-bond acceptors (Lipinski definition) is 2.